The molecule has 0 heterocycles. The maximum absolute atomic E-state index is 13.5. The van der Waals surface area contributed by atoms with E-state index in [-0.39, 0.29) is 11.5 Å². The summed E-state index contributed by atoms with van der Waals surface area (Å²) in [4.78, 5) is 12.1. The Morgan fingerprint density at radius 2 is 1.75 bits per heavy atom. The summed E-state index contributed by atoms with van der Waals surface area (Å²) in [5.41, 5.74) is 1.51. The van der Waals surface area contributed by atoms with Gasteiger partial charge >= 0.3 is 0 Å². The normalized spacial score (nSPS) is 12.0. The summed E-state index contributed by atoms with van der Waals surface area (Å²) in [5, 5.41) is 0. The first-order valence-electron chi connectivity index (χ1n) is 6.20. The van der Waals surface area contributed by atoms with Crippen LogP contribution < -0.4 is 4.74 Å². The highest BCUT2D eigenvalue weighted by atomic mass is 19.2. The molecule has 0 radical (unpaired) electrons. The number of hydrogen-bond donors (Lipinski definition) is 0. The SMILES string of the molecule is Cc1ccc(C(=O)C(C)Oc2cccc(F)c2F)cc1. The number of hydrogen-bond acceptors (Lipinski definition) is 2. The molecular formula is C16H14F2O2. The molecule has 1 atom stereocenters. The topological polar surface area (TPSA) is 26.3 Å². The van der Waals surface area contributed by atoms with Gasteiger partial charge in [-0.05, 0) is 26.0 Å². The van der Waals surface area contributed by atoms with Crippen molar-refractivity contribution in [3.8, 4) is 5.75 Å². The Bertz CT molecular complexity index is 621. The number of halogens is 2. The molecule has 20 heavy (non-hydrogen) atoms. The highest BCUT2D eigenvalue weighted by Crippen LogP contribution is 2.21. The molecule has 0 saturated carbocycles. The van der Waals surface area contributed by atoms with Crippen LogP contribution >= 0.6 is 0 Å². The van der Waals surface area contributed by atoms with Gasteiger partial charge in [0.1, 0.15) is 0 Å². The smallest absolute Gasteiger partial charge is 0.202 e. The average Bonchev–Trinajstić information content (AvgIpc) is 2.44. The number of carbonyl (C=O) groups excluding carboxylic acids is 1. The van der Waals surface area contributed by atoms with Gasteiger partial charge in [-0.1, -0.05) is 35.9 Å². The Balaban J connectivity index is 2.15. The predicted molar refractivity (Wildman–Crippen MR) is 72.0 cm³/mol. The van der Waals surface area contributed by atoms with Crippen molar-refractivity contribution in [2.75, 3.05) is 0 Å². The van der Waals surface area contributed by atoms with Crippen LogP contribution in [0.4, 0.5) is 8.78 Å². The van der Waals surface area contributed by atoms with Crippen LogP contribution in [-0.4, -0.2) is 11.9 Å². The third-order valence-corrected chi connectivity index (χ3v) is 2.93. The quantitative estimate of drug-likeness (QED) is 0.791. The third kappa shape index (κ3) is 3.02. The third-order valence-electron chi connectivity index (χ3n) is 2.93. The Kier molecular flexibility index (Phi) is 4.13. The molecule has 1 unspecified atom stereocenters. The lowest BCUT2D eigenvalue weighted by Crippen LogP contribution is -2.24. The van der Waals surface area contributed by atoms with Gasteiger partial charge in [-0.25, -0.2) is 4.39 Å². The standard InChI is InChI=1S/C16H14F2O2/c1-10-6-8-12(9-7-10)16(19)11(2)20-14-5-3-4-13(17)15(14)18/h3-9,11H,1-2H3. The van der Waals surface area contributed by atoms with Gasteiger partial charge in [-0.3, -0.25) is 4.79 Å². The van der Waals surface area contributed by atoms with Crippen LogP contribution in [0.1, 0.15) is 22.8 Å². The van der Waals surface area contributed by atoms with Crippen molar-refractivity contribution in [1.29, 1.82) is 0 Å². The highest BCUT2D eigenvalue weighted by molar-refractivity contribution is 5.99. The first kappa shape index (κ1) is 14.2. The fraction of sp³-hybridized carbons (Fsp3) is 0.188. The Morgan fingerprint density at radius 3 is 2.40 bits per heavy atom. The minimum Gasteiger partial charge on any atom is -0.479 e. The van der Waals surface area contributed by atoms with Gasteiger partial charge in [0.05, 0.1) is 0 Å². The molecule has 104 valence electrons. The minimum atomic E-state index is -1.09. The fourth-order valence-corrected chi connectivity index (χ4v) is 1.77. The summed E-state index contributed by atoms with van der Waals surface area (Å²) in [5.74, 6) is -2.64. The van der Waals surface area contributed by atoms with Crippen LogP contribution in [0.2, 0.25) is 0 Å². The van der Waals surface area contributed by atoms with Crippen LogP contribution in [0, 0.1) is 18.6 Å². The molecular weight excluding hydrogens is 262 g/mol. The van der Waals surface area contributed by atoms with E-state index in [0.29, 0.717) is 5.56 Å². The molecule has 2 nitrogen and oxygen atoms in total. The molecule has 0 saturated heterocycles. The fourth-order valence-electron chi connectivity index (χ4n) is 1.77. The van der Waals surface area contributed by atoms with Crippen LogP contribution in [-0.2, 0) is 0 Å². The second-order valence-electron chi connectivity index (χ2n) is 4.54. The van der Waals surface area contributed by atoms with Crippen LogP contribution in [0.5, 0.6) is 5.75 Å². The Hall–Kier alpha value is -2.23. The van der Waals surface area contributed by atoms with Crippen LogP contribution in [0.3, 0.4) is 0 Å². The molecule has 2 aromatic carbocycles. The average molecular weight is 276 g/mol. The summed E-state index contributed by atoms with van der Waals surface area (Å²) >= 11 is 0. The van der Waals surface area contributed by atoms with Crippen LogP contribution in [0.15, 0.2) is 42.5 Å². The summed E-state index contributed by atoms with van der Waals surface area (Å²) in [6.07, 6.45) is -0.894. The van der Waals surface area contributed by atoms with Gasteiger partial charge in [-0.2, -0.15) is 4.39 Å². The largest absolute Gasteiger partial charge is 0.479 e. The molecule has 0 bridgehead atoms. The molecule has 2 aromatic rings. The van der Waals surface area contributed by atoms with Gasteiger partial charge in [0, 0.05) is 5.56 Å². The summed E-state index contributed by atoms with van der Waals surface area (Å²) < 4.78 is 31.7. The number of ether oxygens (including phenoxy) is 1. The highest BCUT2D eigenvalue weighted by Gasteiger charge is 2.19. The van der Waals surface area contributed by atoms with Crippen molar-refractivity contribution in [3.63, 3.8) is 0 Å². The molecule has 0 amide bonds. The second-order valence-corrected chi connectivity index (χ2v) is 4.54. The zero-order valence-corrected chi connectivity index (χ0v) is 11.2. The lowest BCUT2D eigenvalue weighted by molar-refractivity contribution is 0.0811. The van der Waals surface area contributed by atoms with E-state index >= 15 is 0 Å². The first-order valence-corrected chi connectivity index (χ1v) is 6.20. The minimum absolute atomic E-state index is 0.266. The van der Waals surface area contributed by atoms with Crippen molar-refractivity contribution in [2.24, 2.45) is 0 Å². The van der Waals surface area contributed by atoms with Crippen molar-refractivity contribution < 1.29 is 18.3 Å². The molecule has 0 aliphatic rings. The van der Waals surface area contributed by atoms with E-state index in [0.717, 1.165) is 11.6 Å². The monoisotopic (exact) mass is 276 g/mol. The van der Waals surface area contributed by atoms with Gasteiger partial charge in [0.25, 0.3) is 0 Å². The van der Waals surface area contributed by atoms with E-state index in [4.69, 9.17) is 4.74 Å². The molecule has 4 heteroatoms. The molecule has 0 aliphatic heterocycles. The van der Waals surface area contributed by atoms with Crippen molar-refractivity contribution in [1.82, 2.24) is 0 Å². The maximum atomic E-state index is 13.5. The molecule has 0 N–H and O–H groups in total. The summed E-state index contributed by atoms with van der Waals surface area (Å²) in [6, 6.07) is 10.6. The van der Waals surface area contributed by atoms with Crippen molar-refractivity contribution in [3.05, 3.63) is 65.2 Å². The van der Waals surface area contributed by atoms with Crippen molar-refractivity contribution in [2.45, 2.75) is 20.0 Å². The number of rotatable bonds is 4. The molecule has 0 fully saturated rings. The molecule has 2 rings (SSSR count). The van der Waals surface area contributed by atoms with Crippen LogP contribution in [0.25, 0.3) is 0 Å². The molecule has 0 aliphatic carbocycles. The van der Waals surface area contributed by atoms with Gasteiger partial charge in [-0.15, -0.1) is 0 Å². The zero-order valence-electron chi connectivity index (χ0n) is 11.2. The van der Waals surface area contributed by atoms with E-state index in [1.54, 1.807) is 12.1 Å². The van der Waals surface area contributed by atoms with E-state index < -0.39 is 17.7 Å². The summed E-state index contributed by atoms with van der Waals surface area (Å²) in [6.45, 7) is 3.42. The zero-order chi connectivity index (χ0) is 14.7. The molecule has 0 spiro atoms. The van der Waals surface area contributed by atoms with E-state index in [1.807, 2.05) is 19.1 Å². The van der Waals surface area contributed by atoms with E-state index in [1.165, 1.54) is 19.1 Å². The number of aryl methyl sites for hydroxylation is 1. The second kappa shape index (κ2) is 5.82. The number of Topliss-reactive ketones (excluding diaryl/α,β-unsaturated/α-hetero) is 1. The number of ketones is 1. The lowest BCUT2D eigenvalue weighted by atomic mass is 10.1. The van der Waals surface area contributed by atoms with Crippen molar-refractivity contribution >= 4 is 5.78 Å². The van der Waals surface area contributed by atoms with E-state index in [9.17, 15) is 13.6 Å². The predicted octanol–water partition coefficient (Wildman–Crippen LogP) is 3.92. The maximum Gasteiger partial charge on any atom is 0.202 e. The first-order chi connectivity index (χ1) is 9.49. The molecule has 0 aromatic heterocycles. The Labute approximate surface area is 116 Å². The van der Waals surface area contributed by atoms with Gasteiger partial charge in [0.2, 0.25) is 11.6 Å². The number of benzene rings is 2. The number of carbonyl (C=O) groups is 1. The van der Waals surface area contributed by atoms with E-state index in [2.05, 4.69) is 0 Å². The summed E-state index contributed by atoms with van der Waals surface area (Å²) in [7, 11) is 0. The Morgan fingerprint density at radius 1 is 1.10 bits per heavy atom. The van der Waals surface area contributed by atoms with Gasteiger partial charge in [0.15, 0.2) is 17.7 Å². The lowest BCUT2D eigenvalue weighted by Gasteiger charge is -2.14. The van der Waals surface area contributed by atoms with Gasteiger partial charge < -0.3 is 4.74 Å².